The number of carbonyl (C=O) groups is 1. The third-order valence-corrected chi connectivity index (χ3v) is 5.96. The Balaban J connectivity index is 1.67. The molecule has 1 saturated heterocycles. The summed E-state index contributed by atoms with van der Waals surface area (Å²) >= 11 is 0. The highest BCUT2D eigenvalue weighted by molar-refractivity contribution is 6.00. The molecule has 1 aliphatic heterocycles. The molecule has 0 bridgehead atoms. The number of piperidine rings is 1. The second-order valence-electron chi connectivity index (χ2n) is 8.31. The lowest BCUT2D eigenvalue weighted by Crippen LogP contribution is -2.47. The van der Waals surface area contributed by atoms with Gasteiger partial charge in [-0.05, 0) is 56.8 Å². The molecule has 1 aliphatic rings. The van der Waals surface area contributed by atoms with Crippen LogP contribution in [0.1, 0.15) is 28.8 Å². The molecule has 0 spiro atoms. The second kappa shape index (κ2) is 9.35. The van der Waals surface area contributed by atoms with Gasteiger partial charge < -0.3 is 14.5 Å². The number of aromatic nitrogens is 2. The number of likely N-dealkylation sites (N-methyl/N-ethyl adjacent to an activating group) is 1. The molecule has 0 aliphatic carbocycles. The van der Waals surface area contributed by atoms with E-state index in [2.05, 4.69) is 31.1 Å². The van der Waals surface area contributed by atoms with Crippen LogP contribution in [0.25, 0.3) is 11.3 Å². The Hall–Kier alpha value is -3.12. The first-order chi connectivity index (χ1) is 15.0. The lowest BCUT2D eigenvalue weighted by molar-refractivity contribution is 0.0635. The van der Waals surface area contributed by atoms with E-state index < -0.39 is 0 Å². The number of hydrogen-bond acceptors (Lipinski definition) is 4. The van der Waals surface area contributed by atoms with Crippen molar-refractivity contribution in [3.8, 4) is 17.0 Å². The summed E-state index contributed by atoms with van der Waals surface area (Å²) in [5.41, 5.74) is 3.43. The highest BCUT2D eigenvalue weighted by Gasteiger charge is 2.28. The summed E-state index contributed by atoms with van der Waals surface area (Å²) in [5, 5.41) is 4.82. The molecular formula is C25H30N4O2. The predicted octanol–water partition coefficient (Wildman–Crippen LogP) is 3.77. The minimum Gasteiger partial charge on any atom is -0.497 e. The fraction of sp³-hybridized carbons (Fsp3) is 0.360. The first-order valence-electron chi connectivity index (χ1n) is 10.8. The SMILES string of the molecule is COc1ccc(-c2nn(Cc3ccccc3)cc2C(=O)N2CCCC(N(C)C)C2)cc1. The van der Waals surface area contributed by atoms with E-state index in [-0.39, 0.29) is 5.91 Å². The molecule has 0 N–H and O–H groups in total. The van der Waals surface area contributed by atoms with Crippen LogP contribution in [0, 0.1) is 0 Å². The van der Waals surface area contributed by atoms with Crippen molar-refractivity contribution in [1.82, 2.24) is 19.6 Å². The van der Waals surface area contributed by atoms with Crippen molar-refractivity contribution in [3.05, 3.63) is 71.9 Å². The predicted molar refractivity (Wildman–Crippen MR) is 122 cm³/mol. The summed E-state index contributed by atoms with van der Waals surface area (Å²) in [7, 11) is 5.81. The van der Waals surface area contributed by atoms with Crippen molar-refractivity contribution in [2.45, 2.75) is 25.4 Å². The van der Waals surface area contributed by atoms with Gasteiger partial charge in [-0.25, -0.2) is 0 Å². The normalized spacial score (nSPS) is 16.5. The van der Waals surface area contributed by atoms with Crippen LogP contribution in [-0.2, 0) is 6.54 Å². The molecule has 1 atom stereocenters. The van der Waals surface area contributed by atoms with Crippen LogP contribution < -0.4 is 4.74 Å². The van der Waals surface area contributed by atoms with Crippen LogP contribution >= 0.6 is 0 Å². The zero-order valence-electron chi connectivity index (χ0n) is 18.5. The number of benzene rings is 2. The molecule has 0 saturated carbocycles. The third-order valence-electron chi connectivity index (χ3n) is 5.96. The van der Waals surface area contributed by atoms with Gasteiger partial charge in [-0.2, -0.15) is 5.10 Å². The van der Waals surface area contributed by atoms with Gasteiger partial charge in [-0.15, -0.1) is 0 Å². The summed E-state index contributed by atoms with van der Waals surface area (Å²) in [6.07, 6.45) is 4.04. The van der Waals surface area contributed by atoms with Crippen molar-refractivity contribution in [3.63, 3.8) is 0 Å². The van der Waals surface area contributed by atoms with Crippen molar-refractivity contribution >= 4 is 5.91 Å². The maximum Gasteiger partial charge on any atom is 0.257 e. The number of likely N-dealkylation sites (tertiary alicyclic amines) is 1. The number of carbonyl (C=O) groups excluding carboxylic acids is 1. The molecule has 1 aromatic heterocycles. The van der Waals surface area contributed by atoms with Crippen molar-refractivity contribution in [2.24, 2.45) is 0 Å². The number of nitrogens with zero attached hydrogens (tertiary/aromatic N) is 4. The van der Waals surface area contributed by atoms with Crippen LogP contribution in [0.2, 0.25) is 0 Å². The van der Waals surface area contributed by atoms with Gasteiger partial charge >= 0.3 is 0 Å². The molecule has 1 fully saturated rings. The summed E-state index contributed by atoms with van der Waals surface area (Å²) in [6, 6.07) is 18.3. The van der Waals surface area contributed by atoms with E-state index in [1.807, 2.05) is 58.2 Å². The fourth-order valence-electron chi connectivity index (χ4n) is 4.12. The van der Waals surface area contributed by atoms with Gasteiger partial charge in [0.1, 0.15) is 11.4 Å². The maximum absolute atomic E-state index is 13.6. The molecule has 2 aromatic carbocycles. The van der Waals surface area contributed by atoms with Gasteiger partial charge in [0.05, 0.1) is 19.2 Å². The Morgan fingerprint density at radius 1 is 1.13 bits per heavy atom. The minimum absolute atomic E-state index is 0.0525. The molecule has 6 nitrogen and oxygen atoms in total. The zero-order chi connectivity index (χ0) is 21.8. The van der Waals surface area contributed by atoms with Crippen molar-refractivity contribution in [2.75, 3.05) is 34.3 Å². The molecule has 31 heavy (non-hydrogen) atoms. The van der Waals surface area contributed by atoms with Crippen LogP contribution in [0.5, 0.6) is 5.75 Å². The molecule has 6 heteroatoms. The summed E-state index contributed by atoms with van der Waals surface area (Å²) in [5.74, 6) is 0.835. The smallest absolute Gasteiger partial charge is 0.257 e. The quantitative estimate of drug-likeness (QED) is 0.611. The number of amides is 1. The number of hydrogen-bond donors (Lipinski definition) is 0. The van der Waals surface area contributed by atoms with E-state index in [0.29, 0.717) is 18.2 Å². The molecule has 0 radical (unpaired) electrons. The Labute approximate surface area is 184 Å². The average molecular weight is 419 g/mol. The summed E-state index contributed by atoms with van der Waals surface area (Å²) < 4.78 is 7.16. The Morgan fingerprint density at radius 2 is 1.87 bits per heavy atom. The average Bonchev–Trinajstić information content (AvgIpc) is 3.23. The highest BCUT2D eigenvalue weighted by atomic mass is 16.5. The van der Waals surface area contributed by atoms with Crippen LogP contribution in [0.4, 0.5) is 0 Å². The van der Waals surface area contributed by atoms with E-state index in [1.54, 1.807) is 7.11 Å². The lowest BCUT2D eigenvalue weighted by atomic mass is 10.0. The Kier molecular flexibility index (Phi) is 6.37. The van der Waals surface area contributed by atoms with E-state index in [1.165, 1.54) is 0 Å². The van der Waals surface area contributed by atoms with Gasteiger partial charge in [0.15, 0.2) is 0 Å². The molecular weight excluding hydrogens is 388 g/mol. The monoisotopic (exact) mass is 418 g/mol. The minimum atomic E-state index is 0.0525. The van der Waals surface area contributed by atoms with E-state index in [9.17, 15) is 4.79 Å². The Bertz CT molecular complexity index is 1010. The van der Waals surface area contributed by atoms with E-state index >= 15 is 0 Å². The first kappa shape index (κ1) is 21.1. The van der Waals surface area contributed by atoms with Crippen molar-refractivity contribution < 1.29 is 9.53 Å². The Morgan fingerprint density at radius 3 is 2.55 bits per heavy atom. The second-order valence-corrected chi connectivity index (χ2v) is 8.31. The lowest BCUT2D eigenvalue weighted by Gasteiger charge is -2.36. The number of methoxy groups -OCH3 is 1. The molecule has 2 heterocycles. The zero-order valence-corrected chi connectivity index (χ0v) is 18.5. The van der Waals surface area contributed by atoms with Crippen LogP contribution in [0.15, 0.2) is 60.8 Å². The van der Waals surface area contributed by atoms with Gasteiger partial charge in [-0.3, -0.25) is 9.48 Å². The summed E-state index contributed by atoms with van der Waals surface area (Å²) in [4.78, 5) is 17.8. The topological polar surface area (TPSA) is 50.6 Å². The molecule has 4 rings (SSSR count). The van der Waals surface area contributed by atoms with E-state index in [0.717, 1.165) is 48.5 Å². The number of rotatable bonds is 6. The summed E-state index contributed by atoms with van der Waals surface area (Å²) in [6.45, 7) is 2.16. The number of ether oxygens (including phenoxy) is 1. The molecule has 162 valence electrons. The van der Waals surface area contributed by atoms with Crippen LogP contribution in [-0.4, -0.2) is 65.8 Å². The van der Waals surface area contributed by atoms with Crippen molar-refractivity contribution in [1.29, 1.82) is 0 Å². The van der Waals surface area contributed by atoms with Gasteiger partial charge in [-0.1, -0.05) is 30.3 Å². The van der Waals surface area contributed by atoms with E-state index in [4.69, 9.17) is 9.84 Å². The highest BCUT2D eigenvalue weighted by Crippen LogP contribution is 2.27. The van der Waals surface area contributed by atoms with Gasteiger partial charge in [0.25, 0.3) is 5.91 Å². The molecule has 1 amide bonds. The molecule has 1 unspecified atom stereocenters. The standard InChI is InChI=1S/C25H30N4O2/c1-27(2)21-10-7-15-28(17-21)25(30)23-18-29(16-19-8-5-4-6-9-19)26-24(23)20-11-13-22(31-3)14-12-20/h4-6,8-9,11-14,18,21H,7,10,15-17H2,1-3H3. The van der Waals surface area contributed by atoms with Crippen LogP contribution in [0.3, 0.4) is 0 Å². The third kappa shape index (κ3) is 4.80. The first-order valence-corrected chi connectivity index (χ1v) is 10.8. The largest absolute Gasteiger partial charge is 0.497 e. The van der Waals surface area contributed by atoms with Gasteiger partial charge in [0.2, 0.25) is 0 Å². The maximum atomic E-state index is 13.6. The van der Waals surface area contributed by atoms with Gasteiger partial charge in [0, 0.05) is 30.9 Å². The fourth-order valence-corrected chi connectivity index (χ4v) is 4.12. The molecule has 3 aromatic rings.